The lowest BCUT2D eigenvalue weighted by Gasteiger charge is -2.38. The molecule has 0 bridgehead atoms. The van der Waals surface area contributed by atoms with E-state index in [0.29, 0.717) is 5.95 Å². The van der Waals surface area contributed by atoms with Crippen molar-refractivity contribution in [2.75, 3.05) is 67.5 Å². The number of aromatic nitrogens is 2. The van der Waals surface area contributed by atoms with Gasteiger partial charge in [-0.15, -0.1) is 0 Å². The molecule has 0 saturated carbocycles. The second kappa shape index (κ2) is 9.17. The number of aryl methyl sites for hydroxylation is 1. The van der Waals surface area contributed by atoms with Gasteiger partial charge in [0.05, 0.1) is 5.41 Å². The lowest BCUT2D eigenvalue weighted by Crippen LogP contribution is -2.46. The molecule has 3 fully saturated rings. The number of piperazine rings is 1. The summed E-state index contributed by atoms with van der Waals surface area (Å²) in [6.07, 6.45) is 4.62. The van der Waals surface area contributed by atoms with Gasteiger partial charge >= 0.3 is 0 Å². The maximum absolute atomic E-state index is 12.3. The molecule has 1 aromatic carbocycles. The minimum atomic E-state index is -0.163. The Hall–Kier alpha value is -2.87. The molecular weight excluding hydrogens is 414 g/mol. The number of nitrogens with one attached hydrogen (secondary N) is 2. The van der Waals surface area contributed by atoms with Crippen LogP contribution in [0.4, 0.5) is 23.1 Å². The van der Waals surface area contributed by atoms with Gasteiger partial charge in [0.1, 0.15) is 5.82 Å². The van der Waals surface area contributed by atoms with Crippen LogP contribution in [-0.2, 0) is 4.79 Å². The molecule has 1 spiro atoms. The minimum absolute atomic E-state index is 0.163. The van der Waals surface area contributed by atoms with Crippen molar-refractivity contribution in [2.24, 2.45) is 5.41 Å². The number of amides is 1. The zero-order chi connectivity index (χ0) is 22.8. The summed E-state index contributed by atoms with van der Waals surface area (Å²) in [5.41, 5.74) is 3.15. The van der Waals surface area contributed by atoms with Crippen molar-refractivity contribution in [1.29, 1.82) is 0 Å². The lowest BCUT2D eigenvalue weighted by molar-refractivity contribution is -0.128. The number of nitrogens with zero attached hydrogens (tertiary/aromatic N) is 5. The average Bonchev–Trinajstić information content (AvgIpc) is 3.21. The molecule has 3 aliphatic heterocycles. The highest BCUT2D eigenvalue weighted by atomic mass is 16.2. The van der Waals surface area contributed by atoms with Crippen LogP contribution in [0, 0.1) is 12.3 Å². The Bertz CT molecular complexity index is 977. The molecule has 4 heterocycles. The van der Waals surface area contributed by atoms with Crippen LogP contribution in [0.3, 0.4) is 0 Å². The molecule has 0 atom stereocenters. The summed E-state index contributed by atoms with van der Waals surface area (Å²) in [6.45, 7) is 12.3. The largest absolute Gasteiger partial charge is 0.369 e. The highest BCUT2D eigenvalue weighted by Crippen LogP contribution is 2.39. The van der Waals surface area contributed by atoms with E-state index in [9.17, 15) is 4.79 Å². The van der Waals surface area contributed by atoms with E-state index in [1.54, 1.807) is 0 Å². The van der Waals surface area contributed by atoms with Crippen LogP contribution < -0.4 is 20.4 Å². The van der Waals surface area contributed by atoms with Crippen LogP contribution in [0.1, 0.15) is 31.7 Å². The van der Waals surface area contributed by atoms with Gasteiger partial charge < -0.3 is 25.3 Å². The molecule has 2 N–H and O–H groups in total. The standard InChI is InChI=1S/C25H35N7O/c1-3-30-14-16-31(17-15-30)21-6-4-20(5-7-21)28-24-27-18-19(2)22(29-24)32-12-9-25(10-13-32)8-11-26-23(25)33/h4-7,18H,3,8-17H2,1-2H3,(H,26,33)(H,27,28,29). The fourth-order valence-corrected chi connectivity index (χ4v) is 5.36. The van der Waals surface area contributed by atoms with Gasteiger partial charge in [-0.3, -0.25) is 4.79 Å². The van der Waals surface area contributed by atoms with Gasteiger partial charge in [-0.2, -0.15) is 4.98 Å². The fraction of sp³-hybridized carbons (Fsp3) is 0.560. The SMILES string of the molecule is CCN1CCN(c2ccc(Nc3ncc(C)c(N4CCC5(CCNC5=O)CC4)n3)cc2)CC1. The maximum Gasteiger partial charge on any atom is 0.229 e. The minimum Gasteiger partial charge on any atom is -0.369 e. The van der Waals surface area contributed by atoms with Gasteiger partial charge in [0.15, 0.2) is 0 Å². The van der Waals surface area contributed by atoms with Crippen molar-refractivity contribution in [3.8, 4) is 0 Å². The van der Waals surface area contributed by atoms with E-state index in [1.807, 2.05) is 6.20 Å². The number of carbonyl (C=O) groups is 1. The second-order valence-corrected chi connectivity index (χ2v) is 9.57. The first-order valence-electron chi connectivity index (χ1n) is 12.3. The van der Waals surface area contributed by atoms with Crippen molar-refractivity contribution in [3.63, 3.8) is 0 Å². The predicted molar refractivity (Wildman–Crippen MR) is 132 cm³/mol. The van der Waals surface area contributed by atoms with E-state index in [0.717, 1.165) is 88.7 Å². The number of piperidine rings is 1. The van der Waals surface area contributed by atoms with Crippen molar-refractivity contribution in [3.05, 3.63) is 36.0 Å². The van der Waals surface area contributed by atoms with Gasteiger partial charge in [-0.1, -0.05) is 6.92 Å². The van der Waals surface area contributed by atoms with Crippen LogP contribution in [0.2, 0.25) is 0 Å². The van der Waals surface area contributed by atoms with E-state index < -0.39 is 0 Å². The van der Waals surface area contributed by atoms with E-state index in [4.69, 9.17) is 4.98 Å². The summed E-state index contributed by atoms with van der Waals surface area (Å²) in [5, 5.41) is 6.39. The Morgan fingerprint density at radius 3 is 2.36 bits per heavy atom. The summed E-state index contributed by atoms with van der Waals surface area (Å²) in [6, 6.07) is 8.56. The van der Waals surface area contributed by atoms with Crippen molar-refractivity contribution < 1.29 is 4.79 Å². The Labute approximate surface area is 196 Å². The average molecular weight is 450 g/mol. The van der Waals surface area contributed by atoms with Gasteiger partial charge in [-0.05, 0) is 57.0 Å². The maximum atomic E-state index is 12.3. The smallest absolute Gasteiger partial charge is 0.229 e. The zero-order valence-corrected chi connectivity index (χ0v) is 19.8. The van der Waals surface area contributed by atoms with Crippen LogP contribution in [0.5, 0.6) is 0 Å². The zero-order valence-electron chi connectivity index (χ0n) is 19.8. The second-order valence-electron chi connectivity index (χ2n) is 9.57. The molecule has 0 aliphatic carbocycles. The lowest BCUT2D eigenvalue weighted by atomic mass is 9.77. The predicted octanol–water partition coefficient (Wildman–Crippen LogP) is 2.78. The van der Waals surface area contributed by atoms with Crippen LogP contribution in [-0.4, -0.2) is 73.1 Å². The van der Waals surface area contributed by atoms with E-state index in [2.05, 4.69) is 68.4 Å². The molecule has 8 heteroatoms. The van der Waals surface area contributed by atoms with Crippen molar-refractivity contribution >= 4 is 29.0 Å². The summed E-state index contributed by atoms with van der Waals surface area (Å²) in [7, 11) is 0. The normalized spacial score (nSPS) is 20.8. The molecule has 0 radical (unpaired) electrons. The summed E-state index contributed by atoms with van der Waals surface area (Å²) in [5.74, 6) is 1.81. The fourth-order valence-electron chi connectivity index (χ4n) is 5.36. The molecule has 1 amide bonds. The van der Waals surface area contributed by atoms with E-state index in [-0.39, 0.29) is 11.3 Å². The van der Waals surface area contributed by atoms with Gasteiger partial charge in [0.25, 0.3) is 0 Å². The van der Waals surface area contributed by atoms with Gasteiger partial charge in [0.2, 0.25) is 11.9 Å². The molecule has 3 aliphatic rings. The molecule has 3 saturated heterocycles. The van der Waals surface area contributed by atoms with E-state index in [1.165, 1.54) is 5.69 Å². The van der Waals surface area contributed by atoms with Gasteiger partial charge in [0, 0.05) is 68.9 Å². The highest BCUT2D eigenvalue weighted by molar-refractivity contribution is 5.85. The van der Waals surface area contributed by atoms with E-state index >= 15 is 0 Å². The molecule has 176 valence electrons. The number of anilines is 4. The Morgan fingerprint density at radius 2 is 1.73 bits per heavy atom. The van der Waals surface area contributed by atoms with Crippen molar-refractivity contribution in [1.82, 2.24) is 20.2 Å². The Morgan fingerprint density at radius 1 is 1.00 bits per heavy atom. The quantitative estimate of drug-likeness (QED) is 0.727. The molecule has 0 unspecified atom stereocenters. The topological polar surface area (TPSA) is 76.6 Å². The molecule has 5 rings (SSSR count). The number of benzene rings is 1. The third-order valence-corrected chi connectivity index (χ3v) is 7.64. The highest BCUT2D eigenvalue weighted by Gasteiger charge is 2.44. The molecule has 8 nitrogen and oxygen atoms in total. The number of rotatable bonds is 5. The first kappa shape index (κ1) is 21.9. The van der Waals surface area contributed by atoms with Crippen LogP contribution in [0.25, 0.3) is 0 Å². The number of hydrogen-bond acceptors (Lipinski definition) is 7. The number of carbonyl (C=O) groups excluding carboxylic acids is 1. The third-order valence-electron chi connectivity index (χ3n) is 7.64. The molecule has 33 heavy (non-hydrogen) atoms. The Balaban J connectivity index is 1.23. The Kier molecular flexibility index (Phi) is 6.10. The molecular formula is C25H35N7O. The monoisotopic (exact) mass is 449 g/mol. The van der Waals surface area contributed by atoms with Crippen molar-refractivity contribution in [2.45, 2.75) is 33.1 Å². The third kappa shape index (κ3) is 4.49. The number of hydrogen-bond donors (Lipinski definition) is 2. The first-order valence-corrected chi connectivity index (χ1v) is 12.3. The summed E-state index contributed by atoms with van der Waals surface area (Å²) >= 11 is 0. The summed E-state index contributed by atoms with van der Waals surface area (Å²) < 4.78 is 0. The van der Waals surface area contributed by atoms with Crippen LogP contribution >= 0.6 is 0 Å². The first-order chi connectivity index (χ1) is 16.1. The van der Waals surface area contributed by atoms with Crippen LogP contribution in [0.15, 0.2) is 30.5 Å². The summed E-state index contributed by atoms with van der Waals surface area (Å²) in [4.78, 5) is 28.9. The molecule has 1 aromatic heterocycles. The number of likely N-dealkylation sites (N-methyl/N-ethyl adjacent to an activating group) is 1. The van der Waals surface area contributed by atoms with Gasteiger partial charge in [-0.25, -0.2) is 4.98 Å². The molecule has 2 aromatic rings.